The van der Waals surface area contributed by atoms with Crippen LogP contribution in [0.5, 0.6) is 0 Å². The lowest BCUT2D eigenvalue weighted by atomic mass is 10.1. The highest BCUT2D eigenvalue weighted by Crippen LogP contribution is 2.31. The maximum atomic E-state index is 11.0. The standard InChI is InChI=1S/C20H16N2O2S/c1-13-3-2-4-16(9-13)20-21-17(12-25-20)15-6-5-14-7-8-22(11-19(23)24)18(14)10-15/h2-10,12H,11H2,1H3,(H,23,24). The summed E-state index contributed by atoms with van der Waals surface area (Å²) >= 11 is 1.62. The van der Waals surface area contributed by atoms with Crippen LogP contribution in [0, 0.1) is 6.92 Å². The van der Waals surface area contributed by atoms with E-state index in [0.29, 0.717) is 0 Å². The molecule has 2 aromatic heterocycles. The molecule has 0 unspecified atom stereocenters. The zero-order valence-corrected chi connectivity index (χ0v) is 14.5. The summed E-state index contributed by atoms with van der Waals surface area (Å²) in [7, 11) is 0. The third kappa shape index (κ3) is 3.06. The Morgan fingerprint density at radius 3 is 2.84 bits per heavy atom. The Morgan fingerprint density at radius 1 is 1.16 bits per heavy atom. The fourth-order valence-corrected chi connectivity index (χ4v) is 3.77. The van der Waals surface area contributed by atoms with Crippen molar-refractivity contribution in [3.63, 3.8) is 0 Å². The van der Waals surface area contributed by atoms with Crippen LogP contribution in [0.1, 0.15) is 5.56 Å². The minimum Gasteiger partial charge on any atom is -0.480 e. The van der Waals surface area contributed by atoms with E-state index in [2.05, 4.69) is 25.1 Å². The number of thiazole rings is 1. The number of hydrogen-bond donors (Lipinski definition) is 1. The quantitative estimate of drug-likeness (QED) is 0.575. The summed E-state index contributed by atoms with van der Waals surface area (Å²) in [6.07, 6.45) is 1.81. The van der Waals surface area contributed by atoms with Gasteiger partial charge in [0.1, 0.15) is 11.6 Å². The van der Waals surface area contributed by atoms with Gasteiger partial charge in [0.2, 0.25) is 0 Å². The molecule has 0 amide bonds. The number of carbonyl (C=O) groups is 1. The molecule has 4 nitrogen and oxygen atoms in total. The number of hydrogen-bond acceptors (Lipinski definition) is 3. The van der Waals surface area contributed by atoms with Gasteiger partial charge in [-0.2, -0.15) is 0 Å². The fraction of sp³-hybridized carbons (Fsp3) is 0.100. The van der Waals surface area contributed by atoms with Crippen LogP contribution in [0.3, 0.4) is 0 Å². The van der Waals surface area contributed by atoms with Gasteiger partial charge >= 0.3 is 5.97 Å². The minimum absolute atomic E-state index is 0.0431. The van der Waals surface area contributed by atoms with Crippen LogP contribution < -0.4 is 0 Å². The van der Waals surface area contributed by atoms with Crippen LogP contribution in [0.15, 0.2) is 60.1 Å². The topological polar surface area (TPSA) is 55.1 Å². The van der Waals surface area contributed by atoms with E-state index in [1.807, 2.05) is 41.9 Å². The molecule has 0 aliphatic heterocycles. The lowest BCUT2D eigenvalue weighted by Crippen LogP contribution is -2.07. The summed E-state index contributed by atoms with van der Waals surface area (Å²) in [5.41, 5.74) is 5.14. The molecule has 1 N–H and O–H groups in total. The van der Waals surface area contributed by atoms with E-state index in [4.69, 9.17) is 10.1 Å². The minimum atomic E-state index is -0.849. The SMILES string of the molecule is Cc1cccc(-c2nc(-c3ccc4ccn(CC(=O)O)c4c3)cs2)c1. The van der Waals surface area contributed by atoms with E-state index < -0.39 is 5.97 Å². The van der Waals surface area contributed by atoms with Crippen LogP contribution in [0.4, 0.5) is 0 Å². The predicted molar refractivity (Wildman–Crippen MR) is 101 cm³/mol. The average Bonchev–Trinajstić information content (AvgIpc) is 3.22. The number of benzene rings is 2. The molecule has 124 valence electrons. The number of aliphatic carboxylic acids is 1. The average molecular weight is 348 g/mol. The Hall–Kier alpha value is -2.92. The second kappa shape index (κ2) is 6.18. The van der Waals surface area contributed by atoms with E-state index in [1.54, 1.807) is 15.9 Å². The highest BCUT2D eigenvalue weighted by atomic mass is 32.1. The molecule has 0 radical (unpaired) electrons. The van der Waals surface area contributed by atoms with E-state index in [0.717, 1.165) is 32.7 Å². The molecule has 4 rings (SSSR count). The lowest BCUT2D eigenvalue weighted by Gasteiger charge is -2.03. The van der Waals surface area contributed by atoms with Crippen molar-refractivity contribution >= 4 is 28.2 Å². The molecule has 2 aromatic carbocycles. The van der Waals surface area contributed by atoms with Crippen molar-refractivity contribution in [2.24, 2.45) is 0 Å². The Labute approximate surface area is 149 Å². The summed E-state index contributed by atoms with van der Waals surface area (Å²) in [4.78, 5) is 15.8. The Balaban J connectivity index is 1.73. The van der Waals surface area contributed by atoms with E-state index in [1.165, 1.54) is 5.56 Å². The molecular formula is C20H16N2O2S. The monoisotopic (exact) mass is 348 g/mol. The largest absolute Gasteiger partial charge is 0.480 e. The van der Waals surface area contributed by atoms with Crippen molar-refractivity contribution in [3.05, 3.63) is 65.7 Å². The molecule has 0 fully saturated rings. The van der Waals surface area contributed by atoms with Gasteiger partial charge in [-0.05, 0) is 30.5 Å². The van der Waals surface area contributed by atoms with Gasteiger partial charge in [-0.25, -0.2) is 4.98 Å². The van der Waals surface area contributed by atoms with Crippen LogP contribution >= 0.6 is 11.3 Å². The zero-order chi connectivity index (χ0) is 17.4. The summed E-state index contributed by atoms with van der Waals surface area (Å²) in [5, 5.41) is 13.1. The van der Waals surface area contributed by atoms with Gasteiger partial charge < -0.3 is 9.67 Å². The number of carboxylic acid groups (broad SMARTS) is 1. The highest BCUT2D eigenvalue weighted by Gasteiger charge is 2.10. The third-order valence-electron chi connectivity index (χ3n) is 4.14. The molecule has 4 aromatic rings. The van der Waals surface area contributed by atoms with Gasteiger partial charge in [-0.15, -0.1) is 11.3 Å². The van der Waals surface area contributed by atoms with Crippen LogP contribution in [-0.2, 0) is 11.3 Å². The van der Waals surface area contributed by atoms with Gasteiger partial charge in [0.25, 0.3) is 0 Å². The highest BCUT2D eigenvalue weighted by molar-refractivity contribution is 7.13. The molecule has 0 aliphatic carbocycles. The lowest BCUT2D eigenvalue weighted by molar-refractivity contribution is -0.137. The van der Waals surface area contributed by atoms with Crippen LogP contribution in [-0.4, -0.2) is 20.6 Å². The number of aromatic nitrogens is 2. The van der Waals surface area contributed by atoms with Crippen molar-refractivity contribution in [3.8, 4) is 21.8 Å². The van der Waals surface area contributed by atoms with Crippen LogP contribution in [0.2, 0.25) is 0 Å². The fourth-order valence-electron chi connectivity index (χ4n) is 2.94. The molecular weight excluding hydrogens is 332 g/mol. The van der Waals surface area contributed by atoms with Gasteiger partial charge in [0, 0.05) is 28.2 Å². The Bertz CT molecular complexity index is 1080. The van der Waals surface area contributed by atoms with Crippen molar-refractivity contribution in [1.29, 1.82) is 0 Å². The molecule has 0 aliphatic rings. The predicted octanol–water partition coefficient (Wildman–Crippen LogP) is 4.82. The molecule has 2 heterocycles. The molecule has 0 atom stereocenters. The zero-order valence-electron chi connectivity index (χ0n) is 13.6. The Morgan fingerprint density at radius 2 is 2.04 bits per heavy atom. The summed E-state index contributed by atoms with van der Waals surface area (Å²) < 4.78 is 1.75. The Kier molecular flexibility index (Phi) is 3.86. The van der Waals surface area contributed by atoms with E-state index in [9.17, 15) is 4.79 Å². The summed E-state index contributed by atoms with van der Waals surface area (Å²) in [6.45, 7) is 2.03. The molecule has 0 bridgehead atoms. The first-order chi connectivity index (χ1) is 12.1. The molecule has 0 saturated heterocycles. The molecule has 25 heavy (non-hydrogen) atoms. The number of carboxylic acids is 1. The van der Waals surface area contributed by atoms with Crippen molar-refractivity contribution in [2.75, 3.05) is 0 Å². The first-order valence-corrected chi connectivity index (χ1v) is 8.82. The van der Waals surface area contributed by atoms with Crippen molar-refractivity contribution < 1.29 is 9.90 Å². The van der Waals surface area contributed by atoms with Gasteiger partial charge in [0.05, 0.1) is 5.69 Å². The molecule has 0 spiro atoms. The smallest absolute Gasteiger partial charge is 0.323 e. The first-order valence-electron chi connectivity index (χ1n) is 7.94. The van der Waals surface area contributed by atoms with E-state index >= 15 is 0 Å². The normalized spacial score (nSPS) is 11.1. The number of aryl methyl sites for hydroxylation is 1. The van der Waals surface area contributed by atoms with Gasteiger partial charge in [-0.3, -0.25) is 4.79 Å². The van der Waals surface area contributed by atoms with Gasteiger partial charge in [0.15, 0.2) is 0 Å². The number of nitrogens with zero attached hydrogens (tertiary/aromatic N) is 2. The van der Waals surface area contributed by atoms with Gasteiger partial charge in [-0.1, -0.05) is 35.9 Å². The van der Waals surface area contributed by atoms with E-state index in [-0.39, 0.29) is 6.54 Å². The summed E-state index contributed by atoms with van der Waals surface area (Å²) in [5.74, 6) is -0.849. The number of rotatable bonds is 4. The first kappa shape index (κ1) is 15.6. The maximum Gasteiger partial charge on any atom is 0.323 e. The summed E-state index contributed by atoms with van der Waals surface area (Å²) in [6, 6.07) is 16.3. The van der Waals surface area contributed by atoms with Crippen molar-refractivity contribution in [1.82, 2.24) is 9.55 Å². The maximum absolute atomic E-state index is 11.0. The number of fused-ring (bicyclic) bond motifs is 1. The van der Waals surface area contributed by atoms with Crippen LogP contribution in [0.25, 0.3) is 32.7 Å². The molecule has 5 heteroatoms. The second-order valence-electron chi connectivity index (χ2n) is 6.02. The third-order valence-corrected chi connectivity index (χ3v) is 5.04. The second-order valence-corrected chi connectivity index (χ2v) is 6.88. The molecule has 0 saturated carbocycles. The van der Waals surface area contributed by atoms with Crippen molar-refractivity contribution in [2.45, 2.75) is 13.5 Å².